The topological polar surface area (TPSA) is 84.0 Å². The summed E-state index contributed by atoms with van der Waals surface area (Å²) in [4.78, 5) is 16.7. The van der Waals surface area contributed by atoms with Gasteiger partial charge >= 0.3 is 0 Å². The number of carbonyl (C=O) groups excluding carboxylic acids is 1. The number of hydrogen-bond donors (Lipinski definition) is 3. The minimum Gasteiger partial charge on any atom is -0.497 e. The third kappa shape index (κ3) is 9.07. The van der Waals surface area contributed by atoms with Crippen LogP contribution >= 0.6 is 24.0 Å². The van der Waals surface area contributed by atoms with E-state index in [0.717, 1.165) is 37.4 Å². The molecule has 8 heteroatoms. The van der Waals surface area contributed by atoms with Gasteiger partial charge in [-0.2, -0.15) is 0 Å². The zero-order chi connectivity index (χ0) is 21.0. The Morgan fingerprint density at radius 2 is 1.80 bits per heavy atom. The highest BCUT2D eigenvalue weighted by Crippen LogP contribution is 2.40. The predicted molar refractivity (Wildman–Crippen MR) is 132 cm³/mol. The molecule has 0 spiro atoms. The summed E-state index contributed by atoms with van der Waals surface area (Å²) in [6, 6.07) is 7.65. The van der Waals surface area contributed by atoms with Crippen molar-refractivity contribution >= 4 is 35.8 Å². The van der Waals surface area contributed by atoms with Crippen LogP contribution in [0.25, 0.3) is 0 Å². The van der Waals surface area contributed by atoms with Crippen LogP contribution in [0.1, 0.15) is 44.6 Å². The Kier molecular flexibility index (Phi) is 12.8. The number of nitrogens with one attached hydrogen (secondary N) is 3. The Hall–Kier alpha value is -1.55. The van der Waals surface area contributed by atoms with Gasteiger partial charge in [-0.3, -0.25) is 4.79 Å². The number of benzene rings is 1. The van der Waals surface area contributed by atoms with E-state index in [1.54, 1.807) is 14.2 Å². The van der Waals surface area contributed by atoms with Crippen molar-refractivity contribution in [2.75, 3.05) is 40.5 Å². The largest absolute Gasteiger partial charge is 0.497 e. The molecule has 0 aliphatic heterocycles. The van der Waals surface area contributed by atoms with Crippen LogP contribution in [0, 0.1) is 5.41 Å². The fourth-order valence-corrected chi connectivity index (χ4v) is 3.72. The van der Waals surface area contributed by atoms with Gasteiger partial charge in [0.05, 0.1) is 7.11 Å². The fraction of sp³-hybridized carbons (Fsp3) is 0.636. The molecule has 1 fully saturated rings. The summed E-state index contributed by atoms with van der Waals surface area (Å²) in [6.07, 6.45) is 6.02. The molecule has 0 aromatic heterocycles. The van der Waals surface area contributed by atoms with Crippen LogP contribution in [0.4, 0.5) is 0 Å². The average Bonchev–Trinajstić information content (AvgIpc) is 3.22. The highest BCUT2D eigenvalue weighted by molar-refractivity contribution is 14.0. The first-order valence-electron chi connectivity index (χ1n) is 10.5. The Morgan fingerprint density at radius 1 is 1.10 bits per heavy atom. The second-order valence-corrected chi connectivity index (χ2v) is 7.62. The van der Waals surface area contributed by atoms with Gasteiger partial charge in [-0.25, -0.2) is 4.99 Å². The van der Waals surface area contributed by atoms with E-state index in [0.29, 0.717) is 12.5 Å². The molecule has 170 valence electrons. The van der Waals surface area contributed by atoms with E-state index < -0.39 is 0 Å². The van der Waals surface area contributed by atoms with Crippen molar-refractivity contribution in [3.8, 4) is 5.75 Å². The Labute approximate surface area is 197 Å². The third-order valence-corrected chi connectivity index (χ3v) is 5.51. The van der Waals surface area contributed by atoms with Gasteiger partial charge in [-0.1, -0.05) is 25.0 Å². The number of nitrogens with zero attached hydrogens (tertiary/aromatic N) is 1. The number of hydrogen-bond acceptors (Lipinski definition) is 4. The normalized spacial score (nSPS) is 15.2. The van der Waals surface area contributed by atoms with E-state index in [1.165, 1.54) is 25.7 Å². The molecule has 1 amide bonds. The van der Waals surface area contributed by atoms with E-state index >= 15 is 0 Å². The number of halogens is 1. The van der Waals surface area contributed by atoms with Gasteiger partial charge in [0.1, 0.15) is 12.3 Å². The van der Waals surface area contributed by atoms with Crippen LogP contribution in [0.2, 0.25) is 0 Å². The van der Waals surface area contributed by atoms with Gasteiger partial charge in [-0.15, -0.1) is 24.0 Å². The Morgan fingerprint density at radius 3 is 2.40 bits per heavy atom. The lowest BCUT2D eigenvalue weighted by Crippen LogP contribution is -2.44. The summed E-state index contributed by atoms with van der Waals surface area (Å²) >= 11 is 0. The van der Waals surface area contributed by atoms with Gasteiger partial charge in [0.15, 0.2) is 5.96 Å². The van der Waals surface area contributed by atoms with Crippen LogP contribution in [0.15, 0.2) is 29.3 Å². The van der Waals surface area contributed by atoms with Crippen LogP contribution in [-0.2, 0) is 16.1 Å². The average molecular weight is 532 g/mol. The zero-order valence-electron chi connectivity index (χ0n) is 18.5. The number of guanidine groups is 1. The summed E-state index contributed by atoms with van der Waals surface area (Å²) in [5, 5.41) is 9.59. The van der Waals surface area contributed by atoms with Gasteiger partial charge in [-0.05, 0) is 49.3 Å². The monoisotopic (exact) mass is 532 g/mol. The minimum absolute atomic E-state index is 0. The first kappa shape index (κ1) is 26.5. The third-order valence-electron chi connectivity index (χ3n) is 5.51. The highest BCUT2D eigenvalue weighted by atomic mass is 127. The fourth-order valence-electron chi connectivity index (χ4n) is 3.72. The molecule has 0 heterocycles. The lowest BCUT2D eigenvalue weighted by atomic mass is 9.83. The second kappa shape index (κ2) is 14.5. The SMILES string of the molecule is CCNC(=NCC(=O)NCc1ccc(OC)cc1)NCC1(CCOC)CCCC1.I. The van der Waals surface area contributed by atoms with Gasteiger partial charge in [0, 0.05) is 33.4 Å². The maximum atomic E-state index is 12.2. The van der Waals surface area contributed by atoms with E-state index in [1.807, 2.05) is 31.2 Å². The zero-order valence-corrected chi connectivity index (χ0v) is 20.8. The summed E-state index contributed by atoms with van der Waals surface area (Å²) in [7, 11) is 3.39. The van der Waals surface area contributed by atoms with Crippen molar-refractivity contribution in [2.45, 2.75) is 45.6 Å². The van der Waals surface area contributed by atoms with Crippen molar-refractivity contribution in [3.63, 3.8) is 0 Å². The molecular weight excluding hydrogens is 495 g/mol. The molecule has 30 heavy (non-hydrogen) atoms. The van der Waals surface area contributed by atoms with E-state index in [4.69, 9.17) is 9.47 Å². The number of rotatable bonds is 11. The lowest BCUT2D eigenvalue weighted by molar-refractivity contribution is -0.119. The quantitative estimate of drug-likeness (QED) is 0.232. The molecule has 7 nitrogen and oxygen atoms in total. The standard InChI is InChI=1S/C22H36N4O3.HI/c1-4-23-21(26-17-22(13-14-28-2)11-5-6-12-22)25-16-20(27)24-15-18-7-9-19(29-3)10-8-18;/h7-10H,4-6,11-17H2,1-3H3,(H,24,27)(H2,23,25,26);1H. The molecule has 3 N–H and O–H groups in total. The molecule has 0 atom stereocenters. The maximum absolute atomic E-state index is 12.2. The molecule has 1 aromatic rings. The Balaban J connectivity index is 0.00000450. The van der Waals surface area contributed by atoms with Crippen molar-refractivity contribution in [3.05, 3.63) is 29.8 Å². The number of carbonyl (C=O) groups is 1. The van der Waals surface area contributed by atoms with Crippen molar-refractivity contribution < 1.29 is 14.3 Å². The van der Waals surface area contributed by atoms with Crippen LogP contribution in [0.5, 0.6) is 5.75 Å². The molecule has 1 aliphatic rings. The maximum Gasteiger partial charge on any atom is 0.242 e. The second-order valence-electron chi connectivity index (χ2n) is 7.62. The molecule has 1 aliphatic carbocycles. The summed E-state index contributed by atoms with van der Waals surface area (Å²) in [5.74, 6) is 1.39. The summed E-state index contributed by atoms with van der Waals surface area (Å²) in [5.41, 5.74) is 1.29. The number of amides is 1. The molecule has 0 unspecified atom stereocenters. The van der Waals surface area contributed by atoms with E-state index in [9.17, 15) is 4.79 Å². The smallest absolute Gasteiger partial charge is 0.242 e. The molecule has 2 rings (SSSR count). The van der Waals surface area contributed by atoms with Gasteiger partial charge in [0.2, 0.25) is 5.91 Å². The minimum atomic E-state index is -0.104. The molecular formula is C22H37IN4O3. The molecule has 1 saturated carbocycles. The Bertz CT molecular complexity index is 646. The van der Waals surface area contributed by atoms with Crippen molar-refractivity contribution in [2.24, 2.45) is 10.4 Å². The number of ether oxygens (including phenoxy) is 2. The number of aliphatic imine (C=N–C) groups is 1. The van der Waals surface area contributed by atoms with Crippen molar-refractivity contribution in [1.82, 2.24) is 16.0 Å². The van der Waals surface area contributed by atoms with Gasteiger partial charge in [0.25, 0.3) is 0 Å². The predicted octanol–water partition coefficient (Wildman–Crippen LogP) is 3.08. The molecule has 1 aromatic carbocycles. The molecule has 0 bridgehead atoms. The first-order chi connectivity index (χ1) is 14.1. The number of methoxy groups -OCH3 is 2. The summed E-state index contributed by atoms with van der Waals surface area (Å²) in [6.45, 7) is 4.99. The van der Waals surface area contributed by atoms with Crippen LogP contribution in [-0.4, -0.2) is 52.3 Å². The lowest BCUT2D eigenvalue weighted by Gasteiger charge is -2.30. The van der Waals surface area contributed by atoms with Crippen LogP contribution < -0.4 is 20.7 Å². The van der Waals surface area contributed by atoms with E-state index in [-0.39, 0.29) is 41.8 Å². The van der Waals surface area contributed by atoms with Crippen LogP contribution in [0.3, 0.4) is 0 Å². The van der Waals surface area contributed by atoms with Crippen molar-refractivity contribution in [1.29, 1.82) is 0 Å². The summed E-state index contributed by atoms with van der Waals surface area (Å²) < 4.78 is 10.4. The highest BCUT2D eigenvalue weighted by Gasteiger charge is 2.33. The van der Waals surface area contributed by atoms with E-state index in [2.05, 4.69) is 20.9 Å². The molecule has 0 radical (unpaired) electrons. The first-order valence-corrected chi connectivity index (χ1v) is 10.5. The molecule has 0 saturated heterocycles. The van der Waals surface area contributed by atoms with Gasteiger partial charge < -0.3 is 25.4 Å².